The molecule has 24 heavy (non-hydrogen) atoms. The van der Waals surface area contributed by atoms with Crippen molar-refractivity contribution in [1.29, 1.82) is 0 Å². The Kier molecular flexibility index (Phi) is 5.85. The van der Waals surface area contributed by atoms with Crippen LogP contribution in [-0.2, 0) is 6.54 Å². The van der Waals surface area contributed by atoms with Gasteiger partial charge in [-0.25, -0.2) is 13.2 Å². The lowest BCUT2D eigenvalue weighted by atomic mass is 10.0. The van der Waals surface area contributed by atoms with Crippen molar-refractivity contribution in [2.45, 2.75) is 26.4 Å². The highest BCUT2D eigenvalue weighted by Gasteiger charge is 2.17. The zero-order valence-electron chi connectivity index (χ0n) is 13.8. The predicted octanol–water partition coefficient (Wildman–Crippen LogP) is 3.55. The van der Waals surface area contributed by atoms with Crippen molar-refractivity contribution in [3.05, 3.63) is 64.0 Å². The van der Waals surface area contributed by atoms with Crippen molar-refractivity contribution in [1.82, 2.24) is 5.32 Å². The van der Waals surface area contributed by atoms with E-state index in [4.69, 9.17) is 4.74 Å². The molecule has 0 heterocycles. The third-order valence-corrected chi connectivity index (χ3v) is 3.87. The topological polar surface area (TPSA) is 41.5 Å². The number of hydrogen-bond acceptors (Lipinski definition) is 3. The van der Waals surface area contributed by atoms with E-state index >= 15 is 0 Å². The molecule has 0 spiro atoms. The van der Waals surface area contributed by atoms with Gasteiger partial charge < -0.3 is 15.2 Å². The smallest absolute Gasteiger partial charge is 0.194 e. The van der Waals surface area contributed by atoms with E-state index in [0.717, 1.165) is 34.6 Å². The van der Waals surface area contributed by atoms with Crippen LogP contribution in [0.25, 0.3) is 0 Å². The minimum atomic E-state index is -1.52. The van der Waals surface area contributed by atoms with Gasteiger partial charge >= 0.3 is 0 Å². The molecule has 130 valence electrons. The Morgan fingerprint density at radius 2 is 1.58 bits per heavy atom. The van der Waals surface area contributed by atoms with Crippen LogP contribution in [0.1, 0.15) is 28.3 Å². The zero-order chi connectivity index (χ0) is 17.9. The second-order valence-corrected chi connectivity index (χ2v) is 5.68. The number of hydrogen-bond donors (Lipinski definition) is 2. The number of aliphatic hydroxyl groups is 1. The zero-order valence-corrected chi connectivity index (χ0v) is 13.8. The Bertz CT molecular complexity index is 688. The number of rotatable bonds is 6. The van der Waals surface area contributed by atoms with E-state index in [9.17, 15) is 18.3 Å². The lowest BCUT2D eigenvalue weighted by molar-refractivity contribution is 0.242. The molecule has 0 aromatic heterocycles. The van der Waals surface area contributed by atoms with Gasteiger partial charge in [-0.3, -0.25) is 0 Å². The van der Waals surface area contributed by atoms with Crippen LogP contribution in [0.4, 0.5) is 13.2 Å². The van der Waals surface area contributed by atoms with Gasteiger partial charge in [-0.1, -0.05) is 12.1 Å². The van der Waals surface area contributed by atoms with E-state index < -0.39 is 23.5 Å². The molecule has 2 rings (SSSR count). The molecule has 2 aromatic rings. The summed E-state index contributed by atoms with van der Waals surface area (Å²) in [5, 5.41) is 12.5. The number of ether oxygens (including phenoxy) is 1. The average Bonchev–Trinajstić information content (AvgIpc) is 2.52. The summed E-state index contributed by atoms with van der Waals surface area (Å²) in [5.41, 5.74) is 3.02. The quantitative estimate of drug-likeness (QED) is 0.791. The standard InChI is InChI=1S/C18H20F3NO2/c1-10-4-12(5-11(2)18(10)24-3)8-22-16(9-23)13-6-14(19)17(21)15(20)7-13/h4-7,16,22-23H,8-9H2,1-3H3. The molecular weight excluding hydrogens is 319 g/mol. The predicted molar refractivity (Wildman–Crippen MR) is 85.5 cm³/mol. The molecule has 6 heteroatoms. The molecule has 0 saturated heterocycles. The maximum Gasteiger partial charge on any atom is 0.194 e. The molecule has 0 aliphatic rings. The summed E-state index contributed by atoms with van der Waals surface area (Å²) in [7, 11) is 1.60. The maximum absolute atomic E-state index is 13.4. The fourth-order valence-electron chi connectivity index (χ4n) is 2.77. The Labute approximate surface area is 139 Å². The van der Waals surface area contributed by atoms with Crippen molar-refractivity contribution in [3.63, 3.8) is 0 Å². The highest BCUT2D eigenvalue weighted by atomic mass is 19.2. The van der Waals surface area contributed by atoms with Crippen molar-refractivity contribution in [2.24, 2.45) is 0 Å². The van der Waals surface area contributed by atoms with Gasteiger partial charge in [0.15, 0.2) is 17.5 Å². The molecule has 1 unspecified atom stereocenters. The number of aryl methyl sites for hydroxylation is 2. The minimum Gasteiger partial charge on any atom is -0.496 e. The first-order valence-electron chi connectivity index (χ1n) is 7.50. The van der Waals surface area contributed by atoms with E-state index in [1.807, 2.05) is 26.0 Å². The summed E-state index contributed by atoms with van der Waals surface area (Å²) >= 11 is 0. The number of benzene rings is 2. The second kappa shape index (κ2) is 7.68. The molecule has 0 aliphatic heterocycles. The summed E-state index contributed by atoms with van der Waals surface area (Å²) in [4.78, 5) is 0. The Balaban J connectivity index is 2.17. The van der Waals surface area contributed by atoms with Gasteiger partial charge in [0.1, 0.15) is 5.75 Å². The molecule has 1 atom stereocenters. The van der Waals surface area contributed by atoms with E-state index in [0.29, 0.717) is 6.54 Å². The number of nitrogens with one attached hydrogen (secondary N) is 1. The van der Waals surface area contributed by atoms with Gasteiger partial charge in [-0.15, -0.1) is 0 Å². The molecular formula is C18H20F3NO2. The summed E-state index contributed by atoms with van der Waals surface area (Å²) in [6, 6.07) is 4.92. The van der Waals surface area contributed by atoms with Gasteiger partial charge in [0.2, 0.25) is 0 Å². The van der Waals surface area contributed by atoms with Crippen LogP contribution >= 0.6 is 0 Å². The van der Waals surface area contributed by atoms with Crippen LogP contribution in [0.3, 0.4) is 0 Å². The SMILES string of the molecule is COc1c(C)cc(CNC(CO)c2cc(F)c(F)c(F)c2)cc1C. The van der Waals surface area contributed by atoms with Gasteiger partial charge in [-0.05, 0) is 48.2 Å². The molecule has 0 saturated carbocycles. The Morgan fingerprint density at radius 3 is 2.04 bits per heavy atom. The molecule has 0 bridgehead atoms. The van der Waals surface area contributed by atoms with Gasteiger partial charge in [-0.2, -0.15) is 0 Å². The Hall–Kier alpha value is -2.05. The summed E-state index contributed by atoms with van der Waals surface area (Å²) in [5.74, 6) is -3.26. The Morgan fingerprint density at radius 1 is 1.04 bits per heavy atom. The van der Waals surface area contributed by atoms with Crippen molar-refractivity contribution in [3.8, 4) is 5.75 Å². The highest BCUT2D eigenvalue weighted by molar-refractivity contribution is 5.43. The molecule has 2 N–H and O–H groups in total. The second-order valence-electron chi connectivity index (χ2n) is 5.68. The van der Waals surface area contributed by atoms with Gasteiger partial charge in [0.05, 0.1) is 19.8 Å². The molecule has 0 fully saturated rings. The first-order valence-corrected chi connectivity index (χ1v) is 7.50. The van der Waals surface area contributed by atoms with E-state index in [2.05, 4.69) is 5.32 Å². The summed E-state index contributed by atoms with van der Waals surface area (Å²) in [6.45, 7) is 3.84. The summed E-state index contributed by atoms with van der Waals surface area (Å²) < 4.78 is 45.1. The van der Waals surface area contributed by atoms with Crippen molar-refractivity contribution < 1.29 is 23.0 Å². The normalized spacial score (nSPS) is 12.3. The fraction of sp³-hybridized carbons (Fsp3) is 0.333. The van der Waals surface area contributed by atoms with Crippen LogP contribution in [-0.4, -0.2) is 18.8 Å². The van der Waals surface area contributed by atoms with E-state index in [1.54, 1.807) is 7.11 Å². The lowest BCUT2D eigenvalue weighted by Gasteiger charge is -2.18. The third-order valence-electron chi connectivity index (χ3n) is 3.87. The largest absolute Gasteiger partial charge is 0.496 e. The van der Waals surface area contributed by atoms with Gasteiger partial charge in [0, 0.05) is 6.54 Å². The summed E-state index contributed by atoms with van der Waals surface area (Å²) in [6.07, 6.45) is 0. The number of methoxy groups -OCH3 is 1. The van der Waals surface area contributed by atoms with Crippen LogP contribution in [0.2, 0.25) is 0 Å². The number of halogens is 3. The van der Waals surface area contributed by atoms with E-state index in [-0.39, 0.29) is 12.2 Å². The minimum absolute atomic E-state index is 0.149. The highest BCUT2D eigenvalue weighted by Crippen LogP contribution is 2.25. The third kappa shape index (κ3) is 3.88. The van der Waals surface area contributed by atoms with Gasteiger partial charge in [0.25, 0.3) is 0 Å². The van der Waals surface area contributed by atoms with Crippen LogP contribution in [0, 0.1) is 31.3 Å². The van der Waals surface area contributed by atoms with Crippen LogP contribution in [0.5, 0.6) is 5.75 Å². The first kappa shape index (κ1) is 18.3. The first-order chi connectivity index (χ1) is 11.4. The molecule has 0 amide bonds. The van der Waals surface area contributed by atoms with Crippen LogP contribution < -0.4 is 10.1 Å². The number of aliphatic hydroxyl groups excluding tert-OH is 1. The van der Waals surface area contributed by atoms with Crippen molar-refractivity contribution >= 4 is 0 Å². The molecule has 0 aliphatic carbocycles. The average molecular weight is 339 g/mol. The van der Waals surface area contributed by atoms with Crippen molar-refractivity contribution in [2.75, 3.05) is 13.7 Å². The molecule has 3 nitrogen and oxygen atoms in total. The van der Waals surface area contributed by atoms with Crippen LogP contribution in [0.15, 0.2) is 24.3 Å². The fourth-order valence-corrected chi connectivity index (χ4v) is 2.77. The maximum atomic E-state index is 13.4. The monoisotopic (exact) mass is 339 g/mol. The molecule has 0 radical (unpaired) electrons. The van der Waals surface area contributed by atoms with E-state index in [1.165, 1.54) is 0 Å². The molecule has 2 aromatic carbocycles. The lowest BCUT2D eigenvalue weighted by Crippen LogP contribution is -2.24.